The molecule has 0 atom stereocenters. The summed E-state index contributed by atoms with van der Waals surface area (Å²) < 4.78 is 1.71. The Kier molecular flexibility index (Phi) is 1.77. The molecule has 13 heavy (non-hydrogen) atoms. The Morgan fingerprint density at radius 3 is 3.00 bits per heavy atom. The molecule has 0 aliphatic rings. The average Bonchev–Trinajstić information content (AvgIpc) is 2.70. The summed E-state index contributed by atoms with van der Waals surface area (Å²) in [6, 6.07) is 5.53. The van der Waals surface area contributed by atoms with E-state index in [0.29, 0.717) is 11.4 Å². The summed E-state index contributed by atoms with van der Waals surface area (Å²) in [4.78, 5) is 7.98. The fourth-order valence-corrected chi connectivity index (χ4v) is 1.07. The van der Waals surface area contributed by atoms with Gasteiger partial charge in [0.05, 0.1) is 5.56 Å². The van der Waals surface area contributed by atoms with Crippen LogP contribution in [0.4, 0.5) is 0 Å². The lowest BCUT2D eigenvalue weighted by atomic mass is 10.3. The molecule has 4 nitrogen and oxygen atoms in total. The first-order valence-corrected chi connectivity index (χ1v) is 3.75. The van der Waals surface area contributed by atoms with Gasteiger partial charge in [0.1, 0.15) is 12.4 Å². The van der Waals surface area contributed by atoms with Gasteiger partial charge in [-0.25, -0.2) is 9.97 Å². The molecule has 0 aromatic carbocycles. The number of nitriles is 1. The van der Waals surface area contributed by atoms with Gasteiger partial charge in [0.2, 0.25) is 0 Å². The molecule has 2 heterocycles. The summed E-state index contributed by atoms with van der Waals surface area (Å²) in [6.07, 6.45) is 6.67. The number of hydrogen-bond donors (Lipinski definition) is 0. The van der Waals surface area contributed by atoms with Crippen LogP contribution in [0, 0.1) is 11.3 Å². The third-order valence-electron chi connectivity index (χ3n) is 1.66. The maximum atomic E-state index is 8.79. The summed E-state index contributed by atoms with van der Waals surface area (Å²) in [6.45, 7) is 0. The zero-order chi connectivity index (χ0) is 9.10. The molecule has 0 radical (unpaired) electrons. The second kappa shape index (κ2) is 3.07. The van der Waals surface area contributed by atoms with Crippen LogP contribution < -0.4 is 0 Å². The van der Waals surface area contributed by atoms with Gasteiger partial charge >= 0.3 is 0 Å². The van der Waals surface area contributed by atoms with E-state index in [-0.39, 0.29) is 0 Å². The van der Waals surface area contributed by atoms with Crippen LogP contribution in [0.15, 0.2) is 37.1 Å². The van der Waals surface area contributed by atoms with Crippen LogP contribution in [0.2, 0.25) is 0 Å². The van der Waals surface area contributed by atoms with Crippen LogP contribution in [-0.4, -0.2) is 14.5 Å². The van der Waals surface area contributed by atoms with Gasteiger partial charge in [-0.3, -0.25) is 4.57 Å². The minimum atomic E-state index is 0.542. The van der Waals surface area contributed by atoms with Crippen molar-refractivity contribution in [1.29, 1.82) is 5.26 Å². The first kappa shape index (κ1) is 7.50. The molecule has 0 amide bonds. The Balaban J connectivity index is 2.59. The maximum Gasteiger partial charge on any atom is 0.155 e. The summed E-state index contributed by atoms with van der Waals surface area (Å²) in [5, 5.41) is 8.79. The van der Waals surface area contributed by atoms with Crippen molar-refractivity contribution in [3.63, 3.8) is 0 Å². The third kappa shape index (κ3) is 1.27. The van der Waals surface area contributed by atoms with E-state index in [4.69, 9.17) is 5.26 Å². The van der Waals surface area contributed by atoms with E-state index in [1.54, 1.807) is 41.6 Å². The van der Waals surface area contributed by atoms with E-state index in [1.165, 1.54) is 0 Å². The molecule has 0 fully saturated rings. The molecule has 0 saturated heterocycles. The normalized spacial score (nSPS) is 9.46. The van der Waals surface area contributed by atoms with Gasteiger partial charge in [0.25, 0.3) is 0 Å². The van der Waals surface area contributed by atoms with E-state index < -0.39 is 0 Å². The zero-order valence-corrected chi connectivity index (χ0v) is 6.75. The van der Waals surface area contributed by atoms with Gasteiger partial charge in [-0.1, -0.05) is 0 Å². The minimum absolute atomic E-state index is 0.542. The molecule has 0 bridgehead atoms. The van der Waals surface area contributed by atoms with Crippen molar-refractivity contribution in [2.75, 3.05) is 0 Å². The number of pyridine rings is 1. The van der Waals surface area contributed by atoms with Gasteiger partial charge in [0.15, 0.2) is 5.82 Å². The molecule has 2 rings (SSSR count). The smallest absolute Gasteiger partial charge is 0.155 e. The second-order valence-corrected chi connectivity index (χ2v) is 2.46. The first-order valence-electron chi connectivity index (χ1n) is 3.75. The lowest BCUT2D eigenvalue weighted by Gasteiger charge is -2.00. The lowest BCUT2D eigenvalue weighted by Crippen LogP contribution is -1.97. The number of aromatic nitrogens is 3. The van der Waals surface area contributed by atoms with Gasteiger partial charge in [-0.05, 0) is 12.1 Å². The average molecular weight is 170 g/mol. The fraction of sp³-hybridized carbons (Fsp3) is 0. The summed E-state index contributed by atoms with van der Waals surface area (Å²) in [7, 11) is 0. The van der Waals surface area contributed by atoms with E-state index >= 15 is 0 Å². The van der Waals surface area contributed by atoms with Crippen molar-refractivity contribution >= 4 is 0 Å². The predicted molar refractivity (Wildman–Crippen MR) is 46.1 cm³/mol. The molecule has 0 spiro atoms. The molecule has 0 aliphatic heterocycles. The van der Waals surface area contributed by atoms with Gasteiger partial charge in [0, 0.05) is 18.6 Å². The van der Waals surface area contributed by atoms with E-state index in [2.05, 4.69) is 16.0 Å². The molecule has 62 valence electrons. The van der Waals surface area contributed by atoms with Crippen LogP contribution in [0.1, 0.15) is 5.56 Å². The van der Waals surface area contributed by atoms with Gasteiger partial charge < -0.3 is 0 Å². The number of rotatable bonds is 1. The molecule has 4 heteroatoms. The first-order chi connectivity index (χ1) is 6.42. The number of nitrogens with zero attached hydrogens (tertiary/aromatic N) is 4. The Labute approximate surface area is 75.1 Å². The van der Waals surface area contributed by atoms with Crippen LogP contribution >= 0.6 is 0 Å². The second-order valence-electron chi connectivity index (χ2n) is 2.46. The SMILES string of the molecule is N#Cc1cccnc1-n1ccnc1. The van der Waals surface area contributed by atoms with Crippen molar-refractivity contribution in [2.24, 2.45) is 0 Å². The van der Waals surface area contributed by atoms with Crippen molar-refractivity contribution in [2.45, 2.75) is 0 Å². The Bertz CT molecular complexity index is 439. The summed E-state index contributed by atoms with van der Waals surface area (Å²) in [5.74, 6) is 0.613. The van der Waals surface area contributed by atoms with Gasteiger partial charge in [-0.15, -0.1) is 0 Å². The van der Waals surface area contributed by atoms with E-state index in [0.717, 1.165) is 0 Å². The zero-order valence-electron chi connectivity index (χ0n) is 6.75. The molecule has 0 saturated carbocycles. The Hall–Kier alpha value is -2.15. The minimum Gasteiger partial charge on any atom is -0.289 e. The highest BCUT2D eigenvalue weighted by atomic mass is 15.1. The largest absolute Gasteiger partial charge is 0.289 e. The molecular formula is C9H6N4. The standard InChI is InChI=1S/C9H6N4/c10-6-8-2-1-3-12-9(8)13-5-4-11-7-13/h1-5,7H. The third-order valence-corrected chi connectivity index (χ3v) is 1.66. The highest BCUT2D eigenvalue weighted by molar-refractivity contribution is 5.42. The van der Waals surface area contributed by atoms with E-state index in [1.807, 2.05) is 0 Å². The van der Waals surface area contributed by atoms with Crippen LogP contribution in [-0.2, 0) is 0 Å². The monoisotopic (exact) mass is 170 g/mol. The lowest BCUT2D eigenvalue weighted by molar-refractivity contribution is 0.986. The van der Waals surface area contributed by atoms with E-state index in [9.17, 15) is 0 Å². The van der Waals surface area contributed by atoms with Crippen molar-refractivity contribution in [1.82, 2.24) is 14.5 Å². The molecule has 0 unspecified atom stereocenters. The van der Waals surface area contributed by atoms with Gasteiger partial charge in [-0.2, -0.15) is 5.26 Å². The van der Waals surface area contributed by atoms with Crippen LogP contribution in [0.25, 0.3) is 5.82 Å². The highest BCUT2D eigenvalue weighted by Gasteiger charge is 2.02. The van der Waals surface area contributed by atoms with Crippen LogP contribution in [0.3, 0.4) is 0 Å². The Morgan fingerprint density at radius 1 is 1.38 bits per heavy atom. The summed E-state index contributed by atoms with van der Waals surface area (Å²) >= 11 is 0. The fourth-order valence-electron chi connectivity index (χ4n) is 1.07. The predicted octanol–water partition coefficient (Wildman–Crippen LogP) is 1.14. The molecule has 0 N–H and O–H groups in total. The highest BCUT2D eigenvalue weighted by Crippen LogP contribution is 2.08. The topological polar surface area (TPSA) is 54.5 Å². The van der Waals surface area contributed by atoms with Crippen LogP contribution in [0.5, 0.6) is 0 Å². The summed E-state index contributed by atoms with van der Waals surface area (Å²) in [5.41, 5.74) is 0.542. The molecule has 2 aromatic rings. The molecular weight excluding hydrogens is 164 g/mol. The molecule has 0 aliphatic carbocycles. The van der Waals surface area contributed by atoms with Crippen molar-refractivity contribution in [3.8, 4) is 11.9 Å². The van der Waals surface area contributed by atoms with Crippen molar-refractivity contribution in [3.05, 3.63) is 42.6 Å². The quantitative estimate of drug-likeness (QED) is 0.644. The van der Waals surface area contributed by atoms with Crippen molar-refractivity contribution < 1.29 is 0 Å². The number of hydrogen-bond acceptors (Lipinski definition) is 3. The molecule has 2 aromatic heterocycles. The maximum absolute atomic E-state index is 8.79. The number of imidazole rings is 1. The Morgan fingerprint density at radius 2 is 2.31 bits per heavy atom.